The lowest BCUT2D eigenvalue weighted by atomic mass is 10.3. The van der Waals surface area contributed by atoms with Gasteiger partial charge in [-0.05, 0) is 25.1 Å². The maximum Gasteiger partial charge on any atom is 0.273 e. The van der Waals surface area contributed by atoms with E-state index >= 15 is 0 Å². The van der Waals surface area contributed by atoms with Crippen LogP contribution in [0.3, 0.4) is 0 Å². The Morgan fingerprint density at radius 2 is 2.05 bits per heavy atom. The van der Waals surface area contributed by atoms with Gasteiger partial charge in [0.05, 0.1) is 12.2 Å². The second kappa shape index (κ2) is 6.05. The molecular weight excluding hydrogens is 256 g/mol. The molecule has 0 aromatic carbocycles. The topological polar surface area (TPSA) is 83.9 Å². The molecule has 0 bridgehead atoms. The Hall–Kier alpha value is -2.57. The van der Waals surface area contributed by atoms with Crippen LogP contribution in [0.4, 0.5) is 5.82 Å². The molecule has 104 valence electrons. The molecule has 0 unspecified atom stereocenters. The van der Waals surface area contributed by atoms with Gasteiger partial charge in [-0.3, -0.25) is 4.79 Å². The second-order valence-electron chi connectivity index (χ2n) is 4.45. The maximum atomic E-state index is 11.7. The third kappa shape index (κ3) is 3.47. The van der Waals surface area contributed by atoms with Gasteiger partial charge in [0.2, 0.25) is 0 Å². The molecule has 0 spiro atoms. The smallest absolute Gasteiger partial charge is 0.273 e. The lowest BCUT2D eigenvalue weighted by Crippen LogP contribution is -2.23. The highest BCUT2D eigenvalue weighted by atomic mass is 16.2. The molecule has 0 fully saturated rings. The number of amides is 1. The first-order valence-electron chi connectivity index (χ1n) is 6.14. The third-order valence-corrected chi connectivity index (χ3v) is 2.57. The number of aromatic nitrogens is 4. The Morgan fingerprint density at radius 3 is 2.65 bits per heavy atom. The number of nitrogens with zero attached hydrogens (tertiary/aromatic N) is 5. The molecule has 2 aromatic heterocycles. The molecule has 7 heteroatoms. The zero-order valence-electron chi connectivity index (χ0n) is 11.7. The Bertz CT molecular complexity index is 596. The minimum atomic E-state index is -0.171. The maximum absolute atomic E-state index is 11.7. The SMILES string of the molecule is Cc1nccc(CNc2ccc(C(=O)N(C)C)nn2)n1. The van der Waals surface area contributed by atoms with E-state index in [4.69, 9.17) is 0 Å². The van der Waals surface area contributed by atoms with Crippen LogP contribution in [0.25, 0.3) is 0 Å². The minimum Gasteiger partial charge on any atom is -0.363 e. The number of carbonyl (C=O) groups excluding carboxylic acids is 1. The Labute approximate surface area is 117 Å². The predicted molar refractivity (Wildman–Crippen MR) is 74.1 cm³/mol. The van der Waals surface area contributed by atoms with Crippen molar-refractivity contribution in [2.24, 2.45) is 0 Å². The minimum absolute atomic E-state index is 0.171. The first kappa shape index (κ1) is 13.9. The molecule has 0 saturated heterocycles. The van der Waals surface area contributed by atoms with E-state index in [0.717, 1.165) is 11.5 Å². The molecule has 2 rings (SSSR count). The van der Waals surface area contributed by atoms with Gasteiger partial charge in [0.25, 0.3) is 5.91 Å². The normalized spacial score (nSPS) is 10.2. The molecule has 0 atom stereocenters. The van der Waals surface area contributed by atoms with Gasteiger partial charge in [-0.2, -0.15) is 0 Å². The fourth-order valence-corrected chi connectivity index (χ4v) is 1.55. The van der Waals surface area contributed by atoms with Crippen LogP contribution in [0, 0.1) is 6.92 Å². The number of hydrogen-bond donors (Lipinski definition) is 1. The average Bonchev–Trinajstić information content (AvgIpc) is 2.45. The molecule has 0 aliphatic carbocycles. The molecule has 1 N–H and O–H groups in total. The number of hydrogen-bond acceptors (Lipinski definition) is 6. The quantitative estimate of drug-likeness (QED) is 0.889. The van der Waals surface area contributed by atoms with Crippen LogP contribution in [0.1, 0.15) is 22.0 Å². The molecule has 20 heavy (non-hydrogen) atoms. The van der Waals surface area contributed by atoms with Crippen molar-refractivity contribution in [2.45, 2.75) is 13.5 Å². The number of aryl methyl sites for hydroxylation is 1. The highest BCUT2D eigenvalue weighted by Crippen LogP contribution is 2.05. The van der Waals surface area contributed by atoms with Crippen molar-refractivity contribution in [1.29, 1.82) is 0 Å². The predicted octanol–water partition coefficient (Wildman–Crippen LogP) is 0.889. The Kier molecular flexibility index (Phi) is 4.19. The van der Waals surface area contributed by atoms with E-state index in [9.17, 15) is 4.79 Å². The van der Waals surface area contributed by atoms with E-state index in [1.54, 1.807) is 32.4 Å². The number of carbonyl (C=O) groups is 1. The summed E-state index contributed by atoms with van der Waals surface area (Å²) in [5, 5.41) is 11.0. The van der Waals surface area contributed by atoms with Crippen LogP contribution in [0.5, 0.6) is 0 Å². The van der Waals surface area contributed by atoms with E-state index in [1.807, 2.05) is 13.0 Å². The van der Waals surface area contributed by atoms with Crippen molar-refractivity contribution < 1.29 is 4.79 Å². The summed E-state index contributed by atoms with van der Waals surface area (Å²) in [6.07, 6.45) is 1.71. The standard InChI is InChI=1S/C13H16N6O/c1-9-14-7-6-10(16-9)8-15-12-5-4-11(17-18-12)13(20)19(2)3/h4-7H,8H2,1-3H3,(H,15,18). The van der Waals surface area contributed by atoms with E-state index in [2.05, 4.69) is 25.5 Å². The fourth-order valence-electron chi connectivity index (χ4n) is 1.55. The van der Waals surface area contributed by atoms with E-state index in [1.165, 1.54) is 4.90 Å². The van der Waals surface area contributed by atoms with Crippen LogP contribution < -0.4 is 5.32 Å². The van der Waals surface area contributed by atoms with Crippen molar-refractivity contribution >= 4 is 11.7 Å². The summed E-state index contributed by atoms with van der Waals surface area (Å²) in [7, 11) is 3.35. The highest BCUT2D eigenvalue weighted by molar-refractivity contribution is 5.91. The molecule has 1 amide bonds. The van der Waals surface area contributed by atoms with Crippen LogP contribution in [0.2, 0.25) is 0 Å². The fraction of sp³-hybridized carbons (Fsp3) is 0.308. The Balaban J connectivity index is 1.99. The van der Waals surface area contributed by atoms with Crippen LogP contribution in [-0.2, 0) is 6.54 Å². The van der Waals surface area contributed by atoms with E-state index in [0.29, 0.717) is 18.1 Å². The molecule has 7 nitrogen and oxygen atoms in total. The summed E-state index contributed by atoms with van der Waals surface area (Å²) in [6, 6.07) is 5.19. The van der Waals surface area contributed by atoms with E-state index in [-0.39, 0.29) is 5.91 Å². The zero-order valence-corrected chi connectivity index (χ0v) is 11.7. The first-order chi connectivity index (χ1) is 9.56. The second-order valence-corrected chi connectivity index (χ2v) is 4.45. The van der Waals surface area contributed by atoms with E-state index < -0.39 is 0 Å². The van der Waals surface area contributed by atoms with Crippen molar-refractivity contribution in [3.63, 3.8) is 0 Å². The monoisotopic (exact) mass is 272 g/mol. The zero-order chi connectivity index (χ0) is 14.5. The lowest BCUT2D eigenvalue weighted by molar-refractivity contribution is 0.0821. The molecular formula is C13H16N6O. The van der Waals surface area contributed by atoms with Gasteiger partial charge in [-0.25, -0.2) is 9.97 Å². The van der Waals surface area contributed by atoms with Gasteiger partial charge < -0.3 is 10.2 Å². The molecule has 2 aromatic rings. The molecule has 2 heterocycles. The van der Waals surface area contributed by atoms with Crippen LogP contribution >= 0.6 is 0 Å². The van der Waals surface area contributed by atoms with Gasteiger partial charge in [0.1, 0.15) is 11.6 Å². The van der Waals surface area contributed by atoms with Gasteiger partial charge in [-0.15, -0.1) is 10.2 Å². The molecule has 0 aliphatic heterocycles. The summed E-state index contributed by atoms with van der Waals surface area (Å²) in [5.41, 5.74) is 1.19. The van der Waals surface area contributed by atoms with Crippen molar-refractivity contribution in [1.82, 2.24) is 25.1 Å². The Morgan fingerprint density at radius 1 is 1.25 bits per heavy atom. The molecule has 0 saturated carbocycles. The van der Waals surface area contributed by atoms with Crippen LogP contribution in [-0.4, -0.2) is 45.1 Å². The lowest BCUT2D eigenvalue weighted by Gasteiger charge is -2.09. The van der Waals surface area contributed by atoms with Gasteiger partial charge in [0.15, 0.2) is 5.69 Å². The summed E-state index contributed by atoms with van der Waals surface area (Å²) in [4.78, 5) is 21.4. The average molecular weight is 272 g/mol. The van der Waals surface area contributed by atoms with Gasteiger partial charge in [0, 0.05) is 20.3 Å². The molecule has 0 aliphatic rings. The third-order valence-electron chi connectivity index (χ3n) is 2.57. The van der Waals surface area contributed by atoms with Gasteiger partial charge >= 0.3 is 0 Å². The van der Waals surface area contributed by atoms with Gasteiger partial charge in [-0.1, -0.05) is 0 Å². The number of rotatable bonds is 4. The summed E-state index contributed by atoms with van der Waals surface area (Å²) in [5.74, 6) is 1.15. The van der Waals surface area contributed by atoms with Crippen molar-refractivity contribution in [3.05, 3.63) is 41.6 Å². The highest BCUT2D eigenvalue weighted by Gasteiger charge is 2.09. The number of nitrogens with one attached hydrogen (secondary N) is 1. The largest absolute Gasteiger partial charge is 0.363 e. The van der Waals surface area contributed by atoms with Crippen molar-refractivity contribution in [3.8, 4) is 0 Å². The number of anilines is 1. The first-order valence-corrected chi connectivity index (χ1v) is 6.14. The molecule has 0 radical (unpaired) electrons. The summed E-state index contributed by atoms with van der Waals surface area (Å²) < 4.78 is 0. The summed E-state index contributed by atoms with van der Waals surface area (Å²) >= 11 is 0. The van der Waals surface area contributed by atoms with Crippen LogP contribution in [0.15, 0.2) is 24.4 Å². The van der Waals surface area contributed by atoms with Crippen molar-refractivity contribution in [2.75, 3.05) is 19.4 Å². The summed E-state index contributed by atoms with van der Waals surface area (Å²) in [6.45, 7) is 2.37.